The normalized spacial score (nSPS) is 10.4. The van der Waals surface area contributed by atoms with E-state index in [2.05, 4.69) is 10.6 Å². The molecule has 4 heteroatoms. The van der Waals surface area contributed by atoms with Gasteiger partial charge in [0.15, 0.2) is 0 Å². The summed E-state index contributed by atoms with van der Waals surface area (Å²) < 4.78 is 0. The molecule has 0 bridgehead atoms. The van der Waals surface area contributed by atoms with Gasteiger partial charge >= 0.3 is 0 Å². The van der Waals surface area contributed by atoms with E-state index >= 15 is 0 Å². The van der Waals surface area contributed by atoms with Crippen LogP contribution in [0.3, 0.4) is 0 Å². The van der Waals surface area contributed by atoms with Crippen LogP contribution in [0.15, 0.2) is 48.5 Å². The molecule has 1 amide bonds. The molecule has 0 saturated carbocycles. The number of nitrogens with one attached hydrogen (secondary N) is 2. The molecule has 0 atom stereocenters. The number of rotatable bonds is 5. The van der Waals surface area contributed by atoms with Gasteiger partial charge in [-0.15, -0.1) is 0 Å². The molecule has 2 rings (SSSR count). The molecule has 0 aliphatic heterocycles. The summed E-state index contributed by atoms with van der Waals surface area (Å²) in [4.78, 5) is 11.8. The molecule has 0 aliphatic carbocycles. The van der Waals surface area contributed by atoms with E-state index in [1.54, 1.807) is 0 Å². The van der Waals surface area contributed by atoms with Gasteiger partial charge in [-0.2, -0.15) is 0 Å². The van der Waals surface area contributed by atoms with E-state index in [-0.39, 0.29) is 11.9 Å². The van der Waals surface area contributed by atoms with Gasteiger partial charge in [-0.05, 0) is 49.7 Å². The SMILES string of the molecule is CC(C)NC(=O)c1ccc(NCc2ccccc2N)cc1. The molecule has 2 aromatic rings. The van der Waals surface area contributed by atoms with E-state index in [9.17, 15) is 4.79 Å². The smallest absolute Gasteiger partial charge is 0.251 e. The highest BCUT2D eigenvalue weighted by atomic mass is 16.1. The number of benzene rings is 2. The first-order valence-corrected chi connectivity index (χ1v) is 7.04. The van der Waals surface area contributed by atoms with Gasteiger partial charge in [-0.25, -0.2) is 0 Å². The Morgan fingerprint density at radius 3 is 2.38 bits per heavy atom. The summed E-state index contributed by atoms with van der Waals surface area (Å²) in [7, 11) is 0. The lowest BCUT2D eigenvalue weighted by atomic mass is 10.1. The van der Waals surface area contributed by atoms with Crippen LogP contribution in [-0.4, -0.2) is 11.9 Å². The molecule has 0 unspecified atom stereocenters. The largest absolute Gasteiger partial charge is 0.398 e. The Balaban J connectivity index is 1.97. The zero-order valence-corrected chi connectivity index (χ0v) is 12.4. The van der Waals surface area contributed by atoms with Gasteiger partial charge in [0.05, 0.1) is 0 Å². The second kappa shape index (κ2) is 6.79. The van der Waals surface area contributed by atoms with Crippen molar-refractivity contribution in [3.63, 3.8) is 0 Å². The Morgan fingerprint density at radius 2 is 1.76 bits per heavy atom. The minimum Gasteiger partial charge on any atom is -0.398 e. The van der Waals surface area contributed by atoms with E-state index in [1.807, 2.05) is 62.4 Å². The Kier molecular flexibility index (Phi) is 4.82. The molecule has 110 valence electrons. The fraction of sp³-hybridized carbons (Fsp3) is 0.235. The van der Waals surface area contributed by atoms with Crippen LogP contribution in [-0.2, 0) is 6.54 Å². The van der Waals surface area contributed by atoms with Gasteiger partial charge in [0, 0.05) is 29.5 Å². The zero-order chi connectivity index (χ0) is 15.2. The van der Waals surface area contributed by atoms with Crippen LogP contribution in [0.2, 0.25) is 0 Å². The maximum absolute atomic E-state index is 11.8. The first kappa shape index (κ1) is 14.9. The van der Waals surface area contributed by atoms with E-state index in [1.165, 1.54) is 0 Å². The predicted molar refractivity (Wildman–Crippen MR) is 87.2 cm³/mol. The molecule has 0 fully saturated rings. The van der Waals surface area contributed by atoms with Crippen LogP contribution in [0.1, 0.15) is 29.8 Å². The fourth-order valence-electron chi connectivity index (χ4n) is 1.98. The summed E-state index contributed by atoms with van der Waals surface area (Å²) in [5.74, 6) is -0.0520. The first-order valence-electron chi connectivity index (χ1n) is 7.04. The highest BCUT2D eigenvalue weighted by molar-refractivity contribution is 5.94. The van der Waals surface area contributed by atoms with Crippen LogP contribution in [0.25, 0.3) is 0 Å². The lowest BCUT2D eigenvalue weighted by molar-refractivity contribution is 0.0943. The Bertz CT molecular complexity index is 606. The number of carbonyl (C=O) groups excluding carboxylic acids is 1. The number of anilines is 2. The van der Waals surface area contributed by atoms with Gasteiger partial charge in [0.1, 0.15) is 0 Å². The van der Waals surface area contributed by atoms with Gasteiger partial charge < -0.3 is 16.4 Å². The number of hydrogen-bond donors (Lipinski definition) is 3. The minimum absolute atomic E-state index is 0.0520. The predicted octanol–water partition coefficient (Wildman–Crippen LogP) is 3.02. The summed E-state index contributed by atoms with van der Waals surface area (Å²) in [6.45, 7) is 4.54. The summed E-state index contributed by atoms with van der Waals surface area (Å²) in [6.07, 6.45) is 0. The van der Waals surface area contributed by atoms with E-state index in [0.29, 0.717) is 12.1 Å². The first-order chi connectivity index (χ1) is 10.1. The van der Waals surface area contributed by atoms with Crippen molar-refractivity contribution in [3.8, 4) is 0 Å². The van der Waals surface area contributed by atoms with Crippen LogP contribution >= 0.6 is 0 Å². The number of nitrogens with two attached hydrogens (primary N) is 1. The average molecular weight is 283 g/mol. The average Bonchev–Trinajstić information content (AvgIpc) is 2.46. The quantitative estimate of drug-likeness (QED) is 0.739. The maximum atomic E-state index is 11.8. The highest BCUT2D eigenvalue weighted by Crippen LogP contribution is 2.15. The monoisotopic (exact) mass is 283 g/mol. The molecule has 0 aliphatic rings. The van der Waals surface area contributed by atoms with Crippen molar-refractivity contribution < 1.29 is 4.79 Å². The Labute approximate surface area is 125 Å². The third-order valence-electron chi connectivity index (χ3n) is 3.10. The summed E-state index contributed by atoms with van der Waals surface area (Å²) >= 11 is 0. The van der Waals surface area contributed by atoms with Crippen LogP contribution in [0.5, 0.6) is 0 Å². The van der Waals surface area contributed by atoms with Gasteiger partial charge in [-0.1, -0.05) is 18.2 Å². The Hall–Kier alpha value is -2.49. The van der Waals surface area contributed by atoms with E-state index in [4.69, 9.17) is 5.73 Å². The lowest BCUT2D eigenvalue weighted by Gasteiger charge is -2.11. The van der Waals surface area contributed by atoms with Crippen molar-refractivity contribution in [2.75, 3.05) is 11.1 Å². The molecular weight excluding hydrogens is 262 g/mol. The maximum Gasteiger partial charge on any atom is 0.251 e. The van der Waals surface area contributed by atoms with Crippen molar-refractivity contribution in [3.05, 3.63) is 59.7 Å². The van der Waals surface area contributed by atoms with Gasteiger partial charge in [0.2, 0.25) is 0 Å². The summed E-state index contributed by atoms with van der Waals surface area (Å²) in [5.41, 5.74) is 9.35. The second-order valence-corrected chi connectivity index (χ2v) is 5.26. The number of hydrogen-bond acceptors (Lipinski definition) is 3. The van der Waals surface area contributed by atoms with Gasteiger partial charge in [0.25, 0.3) is 5.91 Å². The zero-order valence-electron chi connectivity index (χ0n) is 12.4. The van der Waals surface area contributed by atoms with Crippen molar-refractivity contribution in [2.45, 2.75) is 26.4 Å². The molecule has 0 spiro atoms. The number of amides is 1. The third-order valence-corrected chi connectivity index (χ3v) is 3.10. The molecule has 4 N–H and O–H groups in total. The molecule has 0 heterocycles. The number of para-hydroxylation sites is 1. The van der Waals surface area contributed by atoms with Gasteiger partial charge in [-0.3, -0.25) is 4.79 Å². The summed E-state index contributed by atoms with van der Waals surface area (Å²) in [6, 6.07) is 15.3. The van der Waals surface area contributed by atoms with Crippen molar-refractivity contribution >= 4 is 17.3 Å². The number of carbonyl (C=O) groups is 1. The van der Waals surface area contributed by atoms with Crippen LogP contribution in [0.4, 0.5) is 11.4 Å². The van der Waals surface area contributed by atoms with E-state index < -0.39 is 0 Å². The van der Waals surface area contributed by atoms with Crippen molar-refractivity contribution in [1.82, 2.24) is 5.32 Å². The lowest BCUT2D eigenvalue weighted by Crippen LogP contribution is -2.29. The molecule has 0 radical (unpaired) electrons. The number of nitrogen functional groups attached to an aromatic ring is 1. The second-order valence-electron chi connectivity index (χ2n) is 5.26. The minimum atomic E-state index is -0.0520. The van der Waals surface area contributed by atoms with Crippen molar-refractivity contribution in [1.29, 1.82) is 0 Å². The van der Waals surface area contributed by atoms with Crippen LogP contribution < -0.4 is 16.4 Å². The van der Waals surface area contributed by atoms with E-state index in [0.717, 1.165) is 16.9 Å². The van der Waals surface area contributed by atoms with Crippen LogP contribution in [0, 0.1) is 0 Å². The molecule has 4 nitrogen and oxygen atoms in total. The molecule has 0 aromatic heterocycles. The molecule has 21 heavy (non-hydrogen) atoms. The molecule has 0 saturated heterocycles. The summed E-state index contributed by atoms with van der Waals surface area (Å²) in [5, 5.41) is 6.16. The third kappa shape index (κ3) is 4.24. The topological polar surface area (TPSA) is 67.2 Å². The standard InChI is InChI=1S/C17H21N3O/c1-12(2)20-17(21)13-7-9-15(10-8-13)19-11-14-5-3-4-6-16(14)18/h3-10,12,19H,11,18H2,1-2H3,(H,20,21). The Morgan fingerprint density at radius 1 is 1.10 bits per heavy atom. The molecular formula is C17H21N3O. The fourth-order valence-corrected chi connectivity index (χ4v) is 1.98. The molecule has 2 aromatic carbocycles. The van der Waals surface area contributed by atoms with Crippen molar-refractivity contribution in [2.24, 2.45) is 0 Å². The highest BCUT2D eigenvalue weighted by Gasteiger charge is 2.06.